The van der Waals surface area contributed by atoms with Crippen molar-refractivity contribution in [1.82, 2.24) is 0 Å². The summed E-state index contributed by atoms with van der Waals surface area (Å²) in [4.78, 5) is 11.1. The summed E-state index contributed by atoms with van der Waals surface area (Å²) in [6, 6.07) is 2.61. The fourth-order valence-electron chi connectivity index (χ4n) is 1.37. The van der Waals surface area contributed by atoms with Gasteiger partial charge in [-0.05, 0) is 12.1 Å². The zero-order valence-corrected chi connectivity index (χ0v) is 11.3. The molecule has 2 atom stereocenters. The standard InChI is InChI=1S/C11H13BrO6/c1-17-8-3-5(6(12)4-7(8)13)9(14)10(15)11(16)18-2/h3-4,9-10,13-15H,1-2H3. The molecule has 0 aliphatic rings. The van der Waals surface area contributed by atoms with Crippen LogP contribution in [0, 0.1) is 0 Å². The van der Waals surface area contributed by atoms with Gasteiger partial charge in [0.25, 0.3) is 0 Å². The molecule has 100 valence electrons. The molecule has 1 aromatic rings. The first-order valence-electron chi connectivity index (χ1n) is 4.92. The van der Waals surface area contributed by atoms with Crippen LogP contribution in [0.3, 0.4) is 0 Å². The number of methoxy groups -OCH3 is 2. The monoisotopic (exact) mass is 320 g/mol. The lowest BCUT2D eigenvalue weighted by molar-refractivity contribution is -0.156. The van der Waals surface area contributed by atoms with Gasteiger partial charge in [0.1, 0.15) is 6.10 Å². The Morgan fingerprint density at radius 3 is 2.44 bits per heavy atom. The molecule has 0 aliphatic carbocycles. The molecule has 0 saturated heterocycles. The molecule has 0 amide bonds. The topological polar surface area (TPSA) is 96.2 Å². The molecular formula is C11H13BrO6. The Kier molecular flexibility index (Phi) is 4.94. The van der Waals surface area contributed by atoms with Crippen LogP contribution in [0.4, 0.5) is 0 Å². The van der Waals surface area contributed by atoms with Crippen molar-refractivity contribution in [2.45, 2.75) is 12.2 Å². The number of benzene rings is 1. The number of aliphatic hydroxyl groups excluding tert-OH is 2. The number of hydrogen-bond donors (Lipinski definition) is 3. The number of ether oxygens (including phenoxy) is 2. The van der Waals surface area contributed by atoms with E-state index in [2.05, 4.69) is 20.7 Å². The molecule has 0 spiro atoms. The van der Waals surface area contributed by atoms with Gasteiger partial charge in [-0.25, -0.2) is 4.79 Å². The molecule has 0 bridgehead atoms. The van der Waals surface area contributed by atoms with Crippen molar-refractivity contribution in [3.8, 4) is 11.5 Å². The Bertz CT molecular complexity index is 447. The molecule has 0 heterocycles. The van der Waals surface area contributed by atoms with E-state index in [-0.39, 0.29) is 17.1 Å². The summed E-state index contributed by atoms with van der Waals surface area (Å²) in [5.74, 6) is -0.973. The molecule has 0 radical (unpaired) electrons. The van der Waals surface area contributed by atoms with Gasteiger partial charge < -0.3 is 24.8 Å². The summed E-state index contributed by atoms with van der Waals surface area (Å²) in [5, 5.41) is 28.9. The van der Waals surface area contributed by atoms with E-state index in [9.17, 15) is 20.1 Å². The van der Waals surface area contributed by atoms with Crippen LogP contribution in [-0.2, 0) is 9.53 Å². The first-order chi connectivity index (χ1) is 8.42. The number of hydrogen-bond acceptors (Lipinski definition) is 6. The molecule has 7 heteroatoms. The van der Waals surface area contributed by atoms with Crippen molar-refractivity contribution in [1.29, 1.82) is 0 Å². The normalized spacial score (nSPS) is 13.8. The number of phenols is 1. The van der Waals surface area contributed by atoms with E-state index in [0.717, 1.165) is 7.11 Å². The molecule has 1 aromatic carbocycles. The fourth-order valence-corrected chi connectivity index (χ4v) is 1.93. The molecule has 2 unspecified atom stereocenters. The van der Waals surface area contributed by atoms with Crippen molar-refractivity contribution in [2.24, 2.45) is 0 Å². The highest BCUT2D eigenvalue weighted by atomic mass is 79.9. The van der Waals surface area contributed by atoms with Gasteiger partial charge >= 0.3 is 5.97 Å². The number of carbonyl (C=O) groups is 1. The first-order valence-corrected chi connectivity index (χ1v) is 5.72. The van der Waals surface area contributed by atoms with Crippen LogP contribution < -0.4 is 4.74 Å². The molecular weight excluding hydrogens is 308 g/mol. The van der Waals surface area contributed by atoms with Gasteiger partial charge in [0.15, 0.2) is 17.6 Å². The van der Waals surface area contributed by atoms with Crippen LogP contribution in [0.1, 0.15) is 11.7 Å². The van der Waals surface area contributed by atoms with Gasteiger partial charge in [0.2, 0.25) is 0 Å². The quantitative estimate of drug-likeness (QED) is 0.708. The van der Waals surface area contributed by atoms with E-state index in [1.165, 1.54) is 19.2 Å². The number of aromatic hydroxyl groups is 1. The SMILES string of the molecule is COC(=O)C(O)C(O)c1cc(OC)c(O)cc1Br. The lowest BCUT2D eigenvalue weighted by atomic mass is 10.0. The molecule has 3 N–H and O–H groups in total. The molecule has 0 saturated carbocycles. The van der Waals surface area contributed by atoms with Crippen LogP contribution in [0.5, 0.6) is 11.5 Å². The molecule has 18 heavy (non-hydrogen) atoms. The lowest BCUT2D eigenvalue weighted by Crippen LogP contribution is -2.29. The van der Waals surface area contributed by atoms with Crippen LogP contribution in [0.15, 0.2) is 16.6 Å². The summed E-state index contributed by atoms with van der Waals surface area (Å²) < 4.78 is 9.54. The first kappa shape index (κ1) is 14.7. The van der Waals surface area contributed by atoms with Gasteiger partial charge in [-0.2, -0.15) is 0 Å². The highest BCUT2D eigenvalue weighted by molar-refractivity contribution is 9.10. The molecule has 6 nitrogen and oxygen atoms in total. The Morgan fingerprint density at radius 1 is 1.33 bits per heavy atom. The third-order valence-corrected chi connectivity index (χ3v) is 3.05. The average molecular weight is 321 g/mol. The summed E-state index contributed by atoms with van der Waals surface area (Å²) in [7, 11) is 2.45. The minimum absolute atomic E-state index is 0.115. The van der Waals surface area contributed by atoms with Gasteiger partial charge in [-0.3, -0.25) is 0 Å². The van der Waals surface area contributed by atoms with Gasteiger partial charge in [-0.1, -0.05) is 15.9 Å². The van der Waals surface area contributed by atoms with E-state index in [4.69, 9.17) is 4.74 Å². The average Bonchev–Trinajstić information content (AvgIpc) is 2.36. The zero-order chi connectivity index (χ0) is 13.9. The minimum atomic E-state index is -1.72. The lowest BCUT2D eigenvalue weighted by Gasteiger charge is -2.18. The molecule has 0 aromatic heterocycles. The summed E-state index contributed by atoms with van der Waals surface area (Å²) in [5.41, 5.74) is 0.197. The minimum Gasteiger partial charge on any atom is -0.504 e. The van der Waals surface area contributed by atoms with Gasteiger partial charge in [0.05, 0.1) is 14.2 Å². The highest BCUT2D eigenvalue weighted by Gasteiger charge is 2.28. The Balaban J connectivity index is 3.12. The Hall–Kier alpha value is -1.31. The number of carbonyl (C=O) groups excluding carboxylic acids is 1. The van der Waals surface area contributed by atoms with E-state index >= 15 is 0 Å². The van der Waals surface area contributed by atoms with E-state index < -0.39 is 18.2 Å². The summed E-state index contributed by atoms with van der Waals surface area (Å²) in [6.07, 6.45) is -3.22. The van der Waals surface area contributed by atoms with Crippen molar-refractivity contribution >= 4 is 21.9 Å². The van der Waals surface area contributed by atoms with Crippen LogP contribution >= 0.6 is 15.9 Å². The Morgan fingerprint density at radius 2 is 1.94 bits per heavy atom. The predicted octanol–water partition coefficient (Wildman–Crippen LogP) is 0.731. The largest absolute Gasteiger partial charge is 0.504 e. The van der Waals surface area contributed by atoms with Crippen molar-refractivity contribution in [3.63, 3.8) is 0 Å². The fraction of sp³-hybridized carbons (Fsp3) is 0.364. The van der Waals surface area contributed by atoms with Crippen LogP contribution in [0.2, 0.25) is 0 Å². The van der Waals surface area contributed by atoms with Gasteiger partial charge in [-0.15, -0.1) is 0 Å². The zero-order valence-electron chi connectivity index (χ0n) is 9.75. The number of halogens is 1. The van der Waals surface area contributed by atoms with E-state index in [0.29, 0.717) is 4.47 Å². The number of rotatable bonds is 4. The van der Waals surface area contributed by atoms with Crippen molar-refractivity contribution in [3.05, 3.63) is 22.2 Å². The summed E-state index contributed by atoms with van der Waals surface area (Å²) >= 11 is 3.11. The van der Waals surface area contributed by atoms with Crippen molar-refractivity contribution < 1.29 is 29.6 Å². The maximum absolute atomic E-state index is 11.1. The number of phenolic OH excluding ortho intramolecular Hbond substituents is 1. The smallest absolute Gasteiger partial charge is 0.337 e. The predicted molar refractivity (Wildman–Crippen MR) is 65.3 cm³/mol. The maximum Gasteiger partial charge on any atom is 0.337 e. The number of aliphatic hydroxyl groups is 2. The number of esters is 1. The van der Waals surface area contributed by atoms with E-state index in [1.54, 1.807) is 0 Å². The summed E-state index contributed by atoms with van der Waals surface area (Å²) in [6.45, 7) is 0. The van der Waals surface area contributed by atoms with Crippen LogP contribution in [0.25, 0.3) is 0 Å². The van der Waals surface area contributed by atoms with Crippen molar-refractivity contribution in [2.75, 3.05) is 14.2 Å². The van der Waals surface area contributed by atoms with E-state index in [1.807, 2.05) is 0 Å². The second kappa shape index (κ2) is 6.03. The Labute approximate surface area is 112 Å². The van der Waals surface area contributed by atoms with Gasteiger partial charge in [0, 0.05) is 10.0 Å². The second-order valence-corrected chi connectivity index (χ2v) is 4.31. The molecule has 0 fully saturated rings. The third kappa shape index (κ3) is 2.92. The third-order valence-electron chi connectivity index (χ3n) is 2.36. The second-order valence-electron chi connectivity index (χ2n) is 3.46. The molecule has 1 rings (SSSR count). The highest BCUT2D eigenvalue weighted by Crippen LogP contribution is 2.36. The van der Waals surface area contributed by atoms with Crippen LogP contribution in [-0.4, -0.2) is 41.6 Å². The maximum atomic E-state index is 11.1. The molecule has 0 aliphatic heterocycles.